The smallest absolute Gasteiger partial charge is 0.251 e. The molecule has 2 amide bonds. The van der Waals surface area contributed by atoms with Gasteiger partial charge in [0.25, 0.3) is 5.91 Å². The van der Waals surface area contributed by atoms with Gasteiger partial charge in [-0.15, -0.1) is 0 Å². The standard InChI is InChI=1S/C19H25FN2O2/c1-12-2-4-15(10-17(12)20)19(24)22-7-6-21-18(23)11-16-9-13-3-5-14(16)8-13/h2,4,10,13-14,16H,3,5-9,11H2,1H3,(H,21,23)(H,22,24). The first-order chi connectivity index (χ1) is 11.5. The van der Waals surface area contributed by atoms with E-state index in [0.29, 0.717) is 36.6 Å². The summed E-state index contributed by atoms with van der Waals surface area (Å²) in [5.41, 5.74) is 0.811. The summed E-state index contributed by atoms with van der Waals surface area (Å²) in [6.45, 7) is 2.40. The van der Waals surface area contributed by atoms with E-state index in [9.17, 15) is 14.0 Å². The summed E-state index contributed by atoms with van der Waals surface area (Å²) < 4.78 is 13.5. The zero-order valence-electron chi connectivity index (χ0n) is 14.1. The third-order valence-electron chi connectivity index (χ3n) is 5.50. The largest absolute Gasteiger partial charge is 0.354 e. The van der Waals surface area contributed by atoms with Crippen LogP contribution in [0, 0.1) is 30.5 Å². The number of carbonyl (C=O) groups excluding carboxylic acids is 2. The van der Waals surface area contributed by atoms with Crippen LogP contribution < -0.4 is 10.6 Å². The van der Waals surface area contributed by atoms with Crippen LogP contribution in [0.25, 0.3) is 0 Å². The number of hydrogen-bond acceptors (Lipinski definition) is 2. The Balaban J connectivity index is 1.35. The molecular weight excluding hydrogens is 307 g/mol. The van der Waals surface area contributed by atoms with Crippen LogP contribution in [0.2, 0.25) is 0 Å². The fourth-order valence-electron chi connectivity index (χ4n) is 4.15. The molecule has 2 aliphatic rings. The maximum Gasteiger partial charge on any atom is 0.251 e. The highest BCUT2D eigenvalue weighted by Gasteiger charge is 2.39. The molecule has 3 atom stereocenters. The van der Waals surface area contributed by atoms with E-state index in [-0.39, 0.29) is 17.6 Å². The number of halogens is 1. The minimum absolute atomic E-state index is 0.0724. The molecule has 3 rings (SSSR count). The fraction of sp³-hybridized carbons (Fsp3) is 0.579. The Labute approximate surface area is 142 Å². The van der Waals surface area contributed by atoms with E-state index in [4.69, 9.17) is 0 Å². The average Bonchev–Trinajstić information content (AvgIpc) is 3.16. The van der Waals surface area contributed by atoms with Gasteiger partial charge in [-0.3, -0.25) is 9.59 Å². The molecule has 2 fully saturated rings. The van der Waals surface area contributed by atoms with Crippen molar-refractivity contribution < 1.29 is 14.0 Å². The van der Waals surface area contributed by atoms with Gasteiger partial charge in [0.15, 0.2) is 0 Å². The summed E-state index contributed by atoms with van der Waals surface area (Å²) in [7, 11) is 0. The molecule has 1 aromatic carbocycles. The zero-order chi connectivity index (χ0) is 17.1. The Bertz CT molecular complexity index is 632. The highest BCUT2D eigenvalue weighted by molar-refractivity contribution is 5.94. The van der Waals surface area contributed by atoms with Crippen molar-refractivity contribution in [1.82, 2.24) is 10.6 Å². The van der Waals surface area contributed by atoms with E-state index >= 15 is 0 Å². The van der Waals surface area contributed by atoms with Gasteiger partial charge in [-0.2, -0.15) is 0 Å². The van der Waals surface area contributed by atoms with Crippen molar-refractivity contribution in [1.29, 1.82) is 0 Å². The quantitative estimate of drug-likeness (QED) is 0.787. The first-order valence-electron chi connectivity index (χ1n) is 8.84. The summed E-state index contributed by atoms with van der Waals surface area (Å²) in [6, 6.07) is 4.42. The molecule has 5 heteroatoms. The van der Waals surface area contributed by atoms with Gasteiger partial charge in [-0.05, 0) is 61.6 Å². The Hall–Kier alpha value is -1.91. The van der Waals surface area contributed by atoms with Crippen molar-refractivity contribution in [3.8, 4) is 0 Å². The van der Waals surface area contributed by atoms with Crippen LogP contribution in [0.4, 0.5) is 4.39 Å². The molecule has 3 unspecified atom stereocenters. The van der Waals surface area contributed by atoms with E-state index in [2.05, 4.69) is 10.6 Å². The van der Waals surface area contributed by atoms with Crippen molar-refractivity contribution in [2.24, 2.45) is 17.8 Å². The van der Waals surface area contributed by atoms with E-state index in [1.807, 2.05) is 0 Å². The Kier molecular flexibility index (Phi) is 5.17. The summed E-state index contributed by atoms with van der Waals surface area (Å²) in [4.78, 5) is 23.9. The second-order valence-corrected chi connectivity index (χ2v) is 7.21. The van der Waals surface area contributed by atoms with Gasteiger partial charge in [0.2, 0.25) is 5.91 Å². The predicted molar refractivity (Wildman–Crippen MR) is 90.0 cm³/mol. The predicted octanol–water partition coefficient (Wildman–Crippen LogP) is 2.81. The van der Waals surface area contributed by atoms with Crippen LogP contribution in [-0.4, -0.2) is 24.9 Å². The Morgan fingerprint density at radius 3 is 2.62 bits per heavy atom. The SMILES string of the molecule is Cc1ccc(C(=O)NCCNC(=O)CC2CC3CCC2C3)cc1F. The molecule has 0 aliphatic heterocycles. The van der Waals surface area contributed by atoms with Crippen LogP contribution in [0.3, 0.4) is 0 Å². The minimum atomic E-state index is -0.387. The molecule has 0 radical (unpaired) electrons. The number of fused-ring (bicyclic) bond motifs is 2. The van der Waals surface area contributed by atoms with Gasteiger partial charge in [0.05, 0.1) is 0 Å². The Morgan fingerprint density at radius 1 is 1.17 bits per heavy atom. The number of benzene rings is 1. The van der Waals surface area contributed by atoms with Gasteiger partial charge < -0.3 is 10.6 Å². The van der Waals surface area contributed by atoms with Crippen LogP contribution in [0.1, 0.15) is 48.0 Å². The molecule has 2 N–H and O–H groups in total. The monoisotopic (exact) mass is 332 g/mol. The number of aryl methyl sites for hydroxylation is 1. The highest BCUT2D eigenvalue weighted by Crippen LogP contribution is 2.49. The molecule has 2 bridgehead atoms. The van der Waals surface area contributed by atoms with Crippen molar-refractivity contribution in [3.63, 3.8) is 0 Å². The van der Waals surface area contributed by atoms with Crippen LogP contribution >= 0.6 is 0 Å². The van der Waals surface area contributed by atoms with Crippen LogP contribution in [-0.2, 0) is 4.79 Å². The van der Waals surface area contributed by atoms with Crippen LogP contribution in [0.15, 0.2) is 18.2 Å². The topological polar surface area (TPSA) is 58.2 Å². The van der Waals surface area contributed by atoms with Crippen molar-refractivity contribution in [2.45, 2.75) is 39.0 Å². The molecule has 0 saturated heterocycles. The third-order valence-corrected chi connectivity index (χ3v) is 5.50. The van der Waals surface area contributed by atoms with Crippen molar-refractivity contribution in [3.05, 3.63) is 35.1 Å². The molecule has 2 saturated carbocycles. The molecule has 0 aromatic heterocycles. The lowest BCUT2D eigenvalue weighted by Gasteiger charge is -2.20. The van der Waals surface area contributed by atoms with E-state index < -0.39 is 0 Å². The number of nitrogens with one attached hydrogen (secondary N) is 2. The number of amides is 2. The maximum atomic E-state index is 13.5. The molecule has 4 nitrogen and oxygen atoms in total. The fourth-order valence-corrected chi connectivity index (χ4v) is 4.15. The zero-order valence-corrected chi connectivity index (χ0v) is 14.1. The summed E-state index contributed by atoms with van der Waals surface area (Å²) in [5.74, 6) is 1.51. The second kappa shape index (κ2) is 7.32. The lowest BCUT2D eigenvalue weighted by atomic mass is 9.86. The lowest BCUT2D eigenvalue weighted by Crippen LogP contribution is -2.35. The minimum Gasteiger partial charge on any atom is -0.354 e. The van der Waals surface area contributed by atoms with Gasteiger partial charge in [0, 0.05) is 25.1 Å². The number of hydrogen-bond donors (Lipinski definition) is 2. The van der Waals surface area contributed by atoms with Crippen LogP contribution in [0.5, 0.6) is 0 Å². The van der Waals surface area contributed by atoms with E-state index in [1.165, 1.54) is 31.7 Å². The summed E-state index contributed by atoms with van der Waals surface area (Å²) in [6.07, 6.45) is 5.74. The van der Waals surface area contributed by atoms with Gasteiger partial charge >= 0.3 is 0 Å². The number of carbonyl (C=O) groups is 2. The molecule has 130 valence electrons. The molecule has 0 spiro atoms. The van der Waals surface area contributed by atoms with Gasteiger partial charge in [-0.25, -0.2) is 4.39 Å². The van der Waals surface area contributed by atoms with Crippen molar-refractivity contribution in [2.75, 3.05) is 13.1 Å². The molecule has 0 heterocycles. The molecule has 2 aliphatic carbocycles. The Morgan fingerprint density at radius 2 is 1.96 bits per heavy atom. The lowest BCUT2D eigenvalue weighted by molar-refractivity contribution is -0.122. The second-order valence-electron chi connectivity index (χ2n) is 7.21. The first-order valence-corrected chi connectivity index (χ1v) is 8.84. The highest BCUT2D eigenvalue weighted by atomic mass is 19.1. The van der Waals surface area contributed by atoms with Gasteiger partial charge in [0.1, 0.15) is 5.82 Å². The van der Waals surface area contributed by atoms with Crippen molar-refractivity contribution >= 4 is 11.8 Å². The molecule has 1 aromatic rings. The average molecular weight is 332 g/mol. The maximum absolute atomic E-state index is 13.5. The summed E-state index contributed by atoms with van der Waals surface area (Å²) in [5, 5.41) is 5.57. The van der Waals surface area contributed by atoms with E-state index in [0.717, 1.165) is 11.8 Å². The normalized spacial score (nSPS) is 24.8. The van der Waals surface area contributed by atoms with E-state index in [1.54, 1.807) is 19.1 Å². The molecule has 24 heavy (non-hydrogen) atoms. The molecular formula is C19H25FN2O2. The third kappa shape index (κ3) is 3.94. The summed E-state index contributed by atoms with van der Waals surface area (Å²) >= 11 is 0. The van der Waals surface area contributed by atoms with Gasteiger partial charge in [-0.1, -0.05) is 12.5 Å². The number of rotatable bonds is 6. The first kappa shape index (κ1) is 16.9.